The molecule has 0 aliphatic rings. The molecule has 1 N–H and O–H groups in total. The first-order valence-electron chi connectivity index (χ1n) is 9.08. The minimum Gasteiger partial charge on any atom is -0.505 e. The summed E-state index contributed by atoms with van der Waals surface area (Å²) in [6.45, 7) is 11.3. The number of hydrogen-bond acceptors (Lipinski definition) is 6. The largest absolute Gasteiger partial charge is 0.505 e. The molecule has 0 spiro atoms. The summed E-state index contributed by atoms with van der Waals surface area (Å²) in [4.78, 5) is 11.4. The van der Waals surface area contributed by atoms with E-state index in [1.807, 2.05) is 20.8 Å². The number of azo groups is 1. The van der Waals surface area contributed by atoms with E-state index in [0.29, 0.717) is 27.6 Å². The molecule has 2 rings (SSSR count). The Hall–Kier alpha value is -2.86. The van der Waals surface area contributed by atoms with Gasteiger partial charge in [-0.05, 0) is 42.7 Å². The first-order valence-corrected chi connectivity index (χ1v) is 9.46. The lowest BCUT2D eigenvalue weighted by Crippen LogP contribution is -2.14. The van der Waals surface area contributed by atoms with Crippen LogP contribution in [0.1, 0.15) is 33.3 Å². The number of aromatic hydroxyl groups is 1. The molecular weight excluding hydrogens is 392 g/mol. The van der Waals surface area contributed by atoms with Gasteiger partial charge in [0.2, 0.25) is 0 Å². The Balaban J connectivity index is 2.23. The molecule has 0 fully saturated rings. The average Bonchev–Trinajstić information content (AvgIpc) is 2.65. The zero-order valence-corrected chi connectivity index (χ0v) is 17.8. The summed E-state index contributed by atoms with van der Waals surface area (Å²) >= 11 is 5.88. The van der Waals surface area contributed by atoms with Crippen molar-refractivity contribution in [2.75, 3.05) is 13.2 Å². The number of benzene rings is 2. The van der Waals surface area contributed by atoms with Crippen LogP contribution in [0, 0.1) is 0 Å². The van der Waals surface area contributed by atoms with Gasteiger partial charge in [0.25, 0.3) is 0 Å². The lowest BCUT2D eigenvalue weighted by molar-refractivity contribution is -0.139. The molecule has 0 radical (unpaired) electrons. The maximum Gasteiger partial charge on any atom is 0.333 e. The van der Waals surface area contributed by atoms with E-state index >= 15 is 0 Å². The summed E-state index contributed by atoms with van der Waals surface area (Å²) in [5.41, 5.74) is 1.53. The zero-order valence-electron chi connectivity index (χ0n) is 17.0. The number of esters is 1. The Kier molecular flexibility index (Phi) is 7.40. The molecule has 0 aliphatic heterocycles. The summed E-state index contributed by atoms with van der Waals surface area (Å²) in [5, 5.41) is 19.6. The van der Waals surface area contributed by atoms with Gasteiger partial charge in [0.15, 0.2) is 0 Å². The summed E-state index contributed by atoms with van der Waals surface area (Å²) in [6.07, 6.45) is 0. The monoisotopic (exact) mass is 416 g/mol. The number of hydrogen-bond donors (Lipinski definition) is 1. The lowest BCUT2D eigenvalue weighted by Gasteiger charge is -2.22. The number of halogens is 1. The molecule has 0 bridgehead atoms. The number of rotatable bonds is 7. The van der Waals surface area contributed by atoms with Crippen LogP contribution in [-0.4, -0.2) is 24.3 Å². The maximum atomic E-state index is 11.4. The third-order valence-electron chi connectivity index (χ3n) is 3.90. The molecule has 0 aromatic heterocycles. The second-order valence-electron chi connectivity index (χ2n) is 7.53. The van der Waals surface area contributed by atoms with Crippen molar-refractivity contribution in [3.8, 4) is 11.5 Å². The van der Waals surface area contributed by atoms with E-state index in [2.05, 4.69) is 16.8 Å². The van der Waals surface area contributed by atoms with Crippen LogP contribution in [-0.2, 0) is 14.9 Å². The second kappa shape index (κ2) is 9.56. The molecule has 7 heteroatoms. The van der Waals surface area contributed by atoms with Gasteiger partial charge in [0, 0.05) is 22.2 Å². The van der Waals surface area contributed by atoms with Gasteiger partial charge in [0.05, 0.1) is 5.69 Å². The molecule has 0 heterocycles. The zero-order chi connectivity index (χ0) is 21.6. The molecule has 6 nitrogen and oxygen atoms in total. The predicted molar refractivity (Wildman–Crippen MR) is 114 cm³/mol. The Bertz CT molecular complexity index is 916. The van der Waals surface area contributed by atoms with Crippen molar-refractivity contribution in [1.29, 1.82) is 0 Å². The third kappa shape index (κ3) is 6.61. The first kappa shape index (κ1) is 22.4. The lowest BCUT2D eigenvalue weighted by atomic mass is 9.86. The summed E-state index contributed by atoms with van der Waals surface area (Å²) in [7, 11) is 0. The SMILES string of the molecule is C=C(C)C(=O)OCCOc1cc(N=Nc2ccc(Cl)cc2)c(O)c(C(C)(C)C)c1. The quantitative estimate of drug-likeness (QED) is 0.250. The van der Waals surface area contributed by atoms with Gasteiger partial charge in [-0.25, -0.2) is 4.79 Å². The number of phenols is 1. The highest BCUT2D eigenvalue weighted by atomic mass is 35.5. The third-order valence-corrected chi connectivity index (χ3v) is 4.16. The highest BCUT2D eigenvalue weighted by Crippen LogP contribution is 2.41. The van der Waals surface area contributed by atoms with Gasteiger partial charge in [0.1, 0.15) is 30.4 Å². The van der Waals surface area contributed by atoms with E-state index in [0.717, 1.165) is 0 Å². The molecule has 0 saturated heterocycles. The topological polar surface area (TPSA) is 80.5 Å². The van der Waals surface area contributed by atoms with Crippen LogP contribution in [0.5, 0.6) is 11.5 Å². The summed E-state index contributed by atoms with van der Waals surface area (Å²) in [6, 6.07) is 10.2. The fraction of sp³-hybridized carbons (Fsp3) is 0.318. The van der Waals surface area contributed by atoms with E-state index in [9.17, 15) is 9.90 Å². The van der Waals surface area contributed by atoms with Gasteiger partial charge in [-0.1, -0.05) is 39.0 Å². The number of phenolic OH excluding ortho intramolecular Hbond substituents is 1. The summed E-state index contributed by atoms with van der Waals surface area (Å²) in [5.74, 6) is 0.0626. The fourth-order valence-electron chi connectivity index (χ4n) is 2.36. The van der Waals surface area contributed by atoms with E-state index < -0.39 is 5.97 Å². The standard InChI is InChI=1S/C22H25ClN2O4/c1-14(2)21(27)29-11-10-28-17-12-18(22(3,4)5)20(26)19(13-17)25-24-16-8-6-15(23)7-9-16/h6-9,12-13,26H,1,10-11H2,2-5H3. The van der Waals surface area contributed by atoms with Crippen LogP contribution >= 0.6 is 11.6 Å². The smallest absolute Gasteiger partial charge is 0.333 e. The van der Waals surface area contributed by atoms with Crippen molar-refractivity contribution in [2.24, 2.45) is 10.2 Å². The van der Waals surface area contributed by atoms with Gasteiger partial charge in [-0.15, -0.1) is 5.11 Å². The maximum absolute atomic E-state index is 11.4. The van der Waals surface area contributed by atoms with Crippen LogP contribution in [0.4, 0.5) is 11.4 Å². The highest BCUT2D eigenvalue weighted by Gasteiger charge is 2.22. The van der Waals surface area contributed by atoms with Crippen molar-refractivity contribution in [1.82, 2.24) is 0 Å². The molecule has 2 aromatic carbocycles. The van der Waals surface area contributed by atoms with E-state index in [1.54, 1.807) is 43.3 Å². The first-order chi connectivity index (χ1) is 13.6. The van der Waals surface area contributed by atoms with Gasteiger partial charge < -0.3 is 14.6 Å². The number of carbonyl (C=O) groups excluding carboxylic acids is 1. The van der Waals surface area contributed by atoms with Crippen LogP contribution in [0.2, 0.25) is 5.02 Å². The Morgan fingerprint density at radius 1 is 1.14 bits per heavy atom. The molecular formula is C22H25ClN2O4. The Morgan fingerprint density at radius 3 is 2.38 bits per heavy atom. The van der Waals surface area contributed by atoms with Crippen molar-refractivity contribution in [2.45, 2.75) is 33.1 Å². The summed E-state index contributed by atoms with van der Waals surface area (Å²) < 4.78 is 10.7. The van der Waals surface area contributed by atoms with Crippen LogP contribution < -0.4 is 4.74 Å². The molecule has 29 heavy (non-hydrogen) atoms. The molecule has 0 unspecified atom stereocenters. The number of nitrogens with zero attached hydrogens (tertiary/aromatic N) is 2. The molecule has 0 saturated carbocycles. The van der Waals surface area contributed by atoms with Crippen molar-refractivity contribution in [3.05, 3.63) is 59.1 Å². The predicted octanol–water partition coefficient (Wildman–Crippen LogP) is 6.26. The van der Waals surface area contributed by atoms with Crippen LogP contribution in [0.15, 0.2) is 58.8 Å². The Morgan fingerprint density at radius 2 is 1.79 bits per heavy atom. The Labute approximate surface area is 175 Å². The van der Waals surface area contributed by atoms with Crippen molar-refractivity contribution in [3.63, 3.8) is 0 Å². The van der Waals surface area contributed by atoms with Crippen LogP contribution in [0.3, 0.4) is 0 Å². The van der Waals surface area contributed by atoms with Gasteiger partial charge >= 0.3 is 5.97 Å². The normalized spacial score (nSPS) is 11.5. The minimum atomic E-state index is -0.466. The average molecular weight is 417 g/mol. The number of ether oxygens (including phenoxy) is 2. The number of carbonyl (C=O) groups is 1. The molecule has 0 amide bonds. The highest BCUT2D eigenvalue weighted by molar-refractivity contribution is 6.30. The molecule has 2 aromatic rings. The van der Waals surface area contributed by atoms with E-state index in [-0.39, 0.29) is 30.1 Å². The molecule has 0 atom stereocenters. The molecule has 154 valence electrons. The second-order valence-corrected chi connectivity index (χ2v) is 7.97. The van der Waals surface area contributed by atoms with Gasteiger partial charge in [-0.2, -0.15) is 5.11 Å². The fourth-order valence-corrected chi connectivity index (χ4v) is 2.49. The van der Waals surface area contributed by atoms with Crippen molar-refractivity contribution < 1.29 is 19.4 Å². The van der Waals surface area contributed by atoms with E-state index in [1.165, 1.54) is 0 Å². The van der Waals surface area contributed by atoms with Crippen LogP contribution in [0.25, 0.3) is 0 Å². The minimum absolute atomic E-state index is 0.0382. The molecule has 0 aliphatic carbocycles. The van der Waals surface area contributed by atoms with Gasteiger partial charge in [-0.3, -0.25) is 0 Å². The van der Waals surface area contributed by atoms with E-state index in [4.69, 9.17) is 21.1 Å². The van der Waals surface area contributed by atoms with Crippen molar-refractivity contribution >= 4 is 28.9 Å².